The molecule has 0 spiro atoms. The smallest absolute Gasteiger partial charge is 0.289 e. The van der Waals surface area contributed by atoms with E-state index in [2.05, 4.69) is 23.5 Å². The monoisotopic (exact) mass is 326 g/mol. The van der Waals surface area contributed by atoms with E-state index in [1.165, 1.54) is 11.1 Å². The lowest BCUT2D eigenvalue weighted by Crippen LogP contribution is -2.44. The van der Waals surface area contributed by atoms with Gasteiger partial charge in [0.1, 0.15) is 5.75 Å². The van der Waals surface area contributed by atoms with Crippen LogP contribution in [0.2, 0.25) is 0 Å². The Bertz CT molecular complexity index is 703. The molecule has 1 saturated heterocycles. The van der Waals surface area contributed by atoms with E-state index >= 15 is 0 Å². The standard InChI is InChI=1S/C19H22N2O3/c22-19(18-2-1-10-23-18)21-8-5-16(6-9-21)20-13-14-3-4-17-15(12-14)7-11-24-17/h1-4,10,12,16,20H,5-9,11,13H2. The minimum Gasteiger partial charge on any atom is -0.493 e. The number of likely N-dealkylation sites (tertiary alicyclic amines) is 1. The Morgan fingerprint density at radius 2 is 2.12 bits per heavy atom. The first-order valence-electron chi connectivity index (χ1n) is 8.60. The second-order valence-corrected chi connectivity index (χ2v) is 6.47. The molecule has 2 aromatic rings. The summed E-state index contributed by atoms with van der Waals surface area (Å²) in [7, 11) is 0. The molecule has 2 aliphatic rings. The van der Waals surface area contributed by atoms with E-state index in [1.54, 1.807) is 18.4 Å². The summed E-state index contributed by atoms with van der Waals surface area (Å²) in [6, 6.07) is 10.4. The van der Waals surface area contributed by atoms with Crippen molar-refractivity contribution in [1.82, 2.24) is 10.2 Å². The molecule has 24 heavy (non-hydrogen) atoms. The van der Waals surface area contributed by atoms with Crippen molar-refractivity contribution in [2.75, 3.05) is 19.7 Å². The summed E-state index contributed by atoms with van der Waals surface area (Å²) in [5.41, 5.74) is 2.61. The molecule has 1 aromatic carbocycles. The predicted octanol–water partition coefficient (Wildman–Crippen LogP) is 2.61. The first-order chi connectivity index (χ1) is 11.8. The maximum atomic E-state index is 12.3. The summed E-state index contributed by atoms with van der Waals surface area (Å²) in [6.07, 6.45) is 4.50. The van der Waals surface area contributed by atoms with Crippen LogP contribution in [0.25, 0.3) is 0 Å². The number of carbonyl (C=O) groups excluding carboxylic acids is 1. The predicted molar refractivity (Wildman–Crippen MR) is 90.1 cm³/mol. The van der Waals surface area contributed by atoms with Crippen molar-refractivity contribution in [1.29, 1.82) is 0 Å². The molecule has 1 amide bonds. The molecule has 2 aliphatic heterocycles. The first kappa shape index (κ1) is 15.3. The molecule has 0 radical (unpaired) electrons. The van der Waals surface area contributed by atoms with E-state index in [0.29, 0.717) is 11.8 Å². The average molecular weight is 326 g/mol. The Balaban J connectivity index is 1.27. The number of hydrogen-bond acceptors (Lipinski definition) is 4. The topological polar surface area (TPSA) is 54.7 Å². The zero-order chi connectivity index (χ0) is 16.4. The summed E-state index contributed by atoms with van der Waals surface area (Å²) >= 11 is 0. The third-order valence-corrected chi connectivity index (χ3v) is 4.86. The van der Waals surface area contributed by atoms with E-state index in [9.17, 15) is 4.79 Å². The lowest BCUT2D eigenvalue weighted by atomic mass is 10.0. The molecule has 0 saturated carbocycles. The minimum absolute atomic E-state index is 0.00271. The van der Waals surface area contributed by atoms with Crippen molar-refractivity contribution in [3.63, 3.8) is 0 Å². The molecule has 5 heteroatoms. The van der Waals surface area contributed by atoms with Gasteiger partial charge < -0.3 is 19.4 Å². The molecule has 0 aliphatic carbocycles. The Morgan fingerprint density at radius 1 is 1.25 bits per heavy atom. The number of hydrogen-bond donors (Lipinski definition) is 1. The minimum atomic E-state index is -0.00271. The Morgan fingerprint density at radius 3 is 2.92 bits per heavy atom. The number of nitrogens with zero attached hydrogens (tertiary/aromatic N) is 1. The van der Waals surface area contributed by atoms with Crippen LogP contribution in [0.3, 0.4) is 0 Å². The van der Waals surface area contributed by atoms with Gasteiger partial charge in [0.15, 0.2) is 5.76 Å². The Hall–Kier alpha value is -2.27. The van der Waals surface area contributed by atoms with Crippen molar-refractivity contribution in [3.8, 4) is 5.75 Å². The van der Waals surface area contributed by atoms with E-state index < -0.39 is 0 Å². The lowest BCUT2D eigenvalue weighted by molar-refractivity contribution is 0.0672. The van der Waals surface area contributed by atoms with Crippen LogP contribution in [0, 0.1) is 0 Å². The third-order valence-electron chi connectivity index (χ3n) is 4.86. The van der Waals surface area contributed by atoms with Crippen LogP contribution in [0.4, 0.5) is 0 Å². The Labute approximate surface area is 141 Å². The van der Waals surface area contributed by atoms with E-state index in [1.807, 2.05) is 4.90 Å². The molecule has 3 heterocycles. The largest absolute Gasteiger partial charge is 0.493 e. The van der Waals surface area contributed by atoms with Gasteiger partial charge in [-0.2, -0.15) is 0 Å². The molecule has 0 atom stereocenters. The maximum Gasteiger partial charge on any atom is 0.289 e. The van der Waals surface area contributed by atoms with Gasteiger partial charge in [-0.1, -0.05) is 12.1 Å². The van der Waals surface area contributed by atoms with Crippen LogP contribution in [0.5, 0.6) is 5.75 Å². The summed E-state index contributed by atoms with van der Waals surface area (Å²) in [5.74, 6) is 1.46. The van der Waals surface area contributed by atoms with Gasteiger partial charge >= 0.3 is 0 Å². The highest BCUT2D eigenvalue weighted by atomic mass is 16.5. The highest BCUT2D eigenvalue weighted by molar-refractivity contribution is 5.91. The quantitative estimate of drug-likeness (QED) is 0.938. The molecule has 1 N–H and O–H groups in total. The molecule has 1 fully saturated rings. The molecular formula is C19H22N2O3. The molecule has 4 rings (SSSR count). The number of nitrogens with one attached hydrogen (secondary N) is 1. The number of piperidine rings is 1. The van der Waals surface area contributed by atoms with Crippen LogP contribution < -0.4 is 10.1 Å². The second kappa shape index (κ2) is 6.69. The summed E-state index contributed by atoms with van der Waals surface area (Å²) < 4.78 is 10.7. The van der Waals surface area contributed by atoms with Crippen LogP contribution >= 0.6 is 0 Å². The zero-order valence-electron chi connectivity index (χ0n) is 13.7. The van der Waals surface area contributed by atoms with Crippen LogP contribution in [0.1, 0.15) is 34.5 Å². The van der Waals surface area contributed by atoms with Gasteiger partial charge in [-0.05, 0) is 42.2 Å². The van der Waals surface area contributed by atoms with Gasteiger partial charge in [0.25, 0.3) is 5.91 Å². The highest BCUT2D eigenvalue weighted by Gasteiger charge is 2.24. The van der Waals surface area contributed by atoms with Gasteiger partial charge in [0.2, 0.25) is 0 Å². The number of amides is 1. The van der Waals surface area contributed by atoms with E-state index in [-0.39, 0.29) is 5.91 Å². The number of rotatable bonds is 4. The van der Waals surface area contributed by atoms with Crippen molar-refractivity contribution >= 4 is 5.91 Å². The molecule has 0 unspecified atom stereocenters. The Kier molecular flexibility index (Phi) is 4.26. The molecule has 0 bridgehead atoms. The summed E-state index contributed by atoms with van der Waals surface area (Å²) in [4.78, 5) is 14.1. The number of furan rings is 1. The van der Waals surface area contributed by atoms with Crippen LogP contribution in [-0.4, -0.2) is 36.5 Å². The van der Waals surface area contributed by atoms with Gasteiger partial charge in [-0.25, -0.2) is 0 Å². The van der Waals surface area contributed by atoms with Crippen molar-refractivity contribution in [2.45, 2.75) is 31.8 Å². The fraction of sp³-hybridized carbons (Fsp3) is 0.421. The van der Waals surface area contributed by atoms with Gasteiger partial charge in [0.05, 0.1) is 12.9 Å². The summed E-state index contributed by atoms with van der Waals surface area (Å²) in [5, 5.41) is 3.62. The fourth-order valence-electron chi connectivity index (χ4n) is 3.45. The van der Waals surface area contributed by atoms with E-state index in [4.69, 9.17) is 9.15 Å². The van der Waals surface area contributed by atoms with Crippen molar-refractivity contribution in [3.05, 3.63) is 53.5 Å². The molecule has 5 nitrogen and oxygen atoms in total. The maximum absolute atomic E-state index is 12.3. The lowest BCUT2D eigenvalue weighted by Gasteiger charge is -2.32. The van der Waals surface area contributed by atoms with Gasteiger partial charge in [0, 0.05) is 32.1 Å². The number of ether oxygens (including phenoxy) is 1. The zero-order valence-corrected chi connectivity index (χ0v) is 13.7. The summed E-state index contributed by atoms with van der Waals surface area (Å²) in [6.45, 7) is 3.21. The van der Waals surface area contributed by atoms with Gasteiger partial charge in [-0.15, -0.1) is 0 Å². The normalized spacial score (nSPS) is 17.6. The highest BCUT2D eigenvalue weighted by Crippen LogP contribution is 2.26. The number of carbonyl (C=O) groups is 1. The van der Waals surface area contributed by atoms with Crippen molar-refractivity contribution < 1.29 is 13.9 Å². The second-order valence-electron chi connectivity index (χ2n) is 6.47. The van der Waals surface area contributed by atoms with Crippen LogP contribution in [-0.2, 0) is 13.0 Å². The van der Waals surface area contributed by atoms with Crippen molar-refractivity contribution in [2.24, 2.45) is 0 Å². The SMILES string of the molecule is O=C(c1ccco1)N1CCC(NCc2ccc3c(c2)CCO3)CC1. The van der Waals surface area contributed by atoms with Crippen LogP contribution in [0.15, 0.2) is 41.0 Å². The average Bonchev–Trinajstić information content (AvgIpc) is 3.31. The molecule has 126 valence electrons. The molecular weight excluding hydrogens is 304 g/mol. The number of benzene rings is 1. The fourth-order valence-corrected chi connectivity index (χ4v) is 3.45. The molecule has 1 aromatic heterocycles. The van der Waals surface area contributed by atoms with E-state index in [0.717, 1.165) is 51.3 Å². The first-order valence-corrected chi connectivity index (χ1v) is 8.60. The van der Waals surface area contributed by atoms with Gasteiger partial charge in [-0.3, -0.25) is 4.79 Å². The third kappa shape index (κ3) is 3.17. The number of fused-ring (bicyclic) bond motifs is 1.